The van der Waals surface area contributed by atoms with Crippen LogP contribution in [-0.2, 0) is 6.42 Å². The van der Waals surface area contributed by atoms with Gasteiger partial charge in [-0.05, 0) is 48.9 Å². The van der Waals surface area contributed by atoms with E-state index in [0.717, 1.165) is 23.7 Å². The summed E-state index contributed by atoms with van der Waals surface area (Å²) in [5, 5.41) is 0.791. The van der Waals surface area contributed by atoms with E-state index in [1.165, 1.54) is 24.8 Å². The van der Waals surface area contributed by atoms with E-state index in [4.69, 9.17) is 22.1 Å². The van der Waals surface area contributed by atoms with E-state index in [0.29, 0.717) is 5.41 Å². The van der Waals surface area contributed by atoms with Gasteiger partial charge >= 0.3 is 0 Å². The second-order valence-corrected chi connectivity index (χ2v) is 5.10. The molecule has 0 bridgehead atoms. The Balaban J connectivity index is 2.15. The Labute approximate surface area is 102 Å². The molecular weight excluding hydrogens is 222 g/mol. The Morgan fingerprint density at radius 1 is 1.44 bits per heavy atom. The zero-order chi connectivity index (χ0) is 11.6. The van der Waals surface area contributed by atoms with Crippen LogP contribution in [0, 0.1) is 5.41 Å². The van der Waals surface area contributed by atoms with Crippen molar-refractivity contribution in [1.29, 1.82) is 0 Å². The van der Waals surface area contributed by atoms with Crippen LogP contribution < -0.4 is 10.5 Å². The first-order valence-corrected chi connectivity index (χ1v) is 6.09. The molecule has 0 atom stereocenters. The minimum atomic E-state index is 0.304. The average molecular weight is 240 g/mol. The van der Waals surface area contributed by atoms with Crippen LogP contribution in [0.4, 0.5) is 0 Å². The molecule has 2 nitrogen and oxygen atoms in total. The van der Waals surface area contributed by atoms with Gasteiger partial charge in [-0.25, -0.2) is 0 Å². The Bertz CT molecular complexity index is 369. The summed E-state index contributed by atoms with van der Waals surface area (Å²) in [6.45, 7) is 0.759. The molecule has 1 fully saturated rings. The van der Waals surface area contributed by atoms with E-state index in [-0.39, 0.29) is 0 Å². The van der Waals surface area contributed by atoms with Gasteiger partial charge in [-0.2, -0.15) is 0 Å². The predicted molar refractivity (Wildman–Crippen MR) is 67.0 cm³/mol. The molecule has 1 aromatic rings. The molecule has 1 aromatic carbocycles. The summed E-state index contributed by atoms with van der Waals surface area (Å²) < 4.78 is 5.14. The van der Waals surface area contributed by atoms with Gasteiger partial charge in [0.15, 0.2) is 0 Å². The number of nitrogens with two attached hydrogens (primary N) is 1. The highest BCUT2D eigenvalue weighted by atomic mass is 35.5. The van der Waals surface area contributed by atoms with Crippen LogP contribution >= 0.6 is 11.6 Å². The third-order valence-electron chi connectivity index (χ3n) is 3.67. The van der Waals surface area contributed by atoms with Gasteiger partial charge in [-0.3, -0.25) is 0 Å². The molecule has 2 N–H and O–H groups in total. The average Bonchev–Trinajstić information content (AvgIpc) is 2.25. The lowest BCUT2D eigenvalue weighted by atomic mass is 9.65. The fraction of sp³-hybridized carbons (Fsp3) is 0.538. The van der Waals surface area contributed by atoms with E-state index >= 15 is 0 Å². The minimum absolute atomic E-state index is 0.304. The summed E-state index contributed by atoms with van der Waals surface area (Å²) in [5.41, 5.74) is 7.35. The van der Waals surface area contributed by atoms with Crippen LogP contribution in [-0.4, -0.2) is 13.7 Å². The van der Waals surface area contributed by atoms with E-state index < -0.39 is 0 Å². The van der Waals surface area contributed by atoms with Crippen LogP contribution in [0.15, 0.2) is 18.2 Å². The Hall–Kier alpha value is -0.730. The van der Waals surface area contributed by atoms with Crippen LogP contribution in [0.5, 0.6) is 5.75 Å². The van der Waals surface area contributed by atoms with Gasteiger partial charge in [0.1, 0.15) is 5.75 Å². The highest BCUT2D eigenvalue weighted by Gasteiger charge is 2.35. The lowest BCUT2D eigenvalue weighted by molar-refractivity contribution is 0.145. The standard InChI is InChI=1S/C13H18ClNO/c1-16-11-4-3-10(12(14)7-11)8-13(9-15)5-2-6-13/h3-4,7H,2,5-6,8-9,15H2,1H3. The number of ether oxygens (including phenoxy) is 1. The highest BCUT2D eigenvalue weighted by Crippen LogP contribution is 2.43. The first kappa shape index (κ1) is 11.7. The second kappa shape index (κ2) is 4.64. The number of hydrogen-bond acceptors (Lipinski definition) is 2. The quantitative estimate of drug-likeness (QED) is 0.877. The maximum Gasteiger partial charge on any atom is 0.120 e. The van der Waals surface area contributed by atoms with E-state index in [1.807, 2.05) is 12.1 Å². The van der Waals surface area contributed by atoms with Gasteiger partial charge in [0.2, 0.25) is 0 Å². The van der Waals surface area contributed by atoms with E-state index in [1.54, 1.807) is 7.11 Å². The summed E-state index contributed by atoms with van der Waals surface area (Å²) in [6, 6.07) is 5.89. The first-order valence-electron chi connectivity index (χ1n) is 5.72. The van der Waals surface area contributed by atoms with Crippen molar-refractivity contribution in [2.24, 2.45) is 11.1 Å². The van der Waals surface area contributed by atoms with Crippen molar-refractivity contribution in [3.8, 4) is 5.75 Å². The topological polar surface area (TPSA) is 35.2 Å². The van der Waals surface area contributed by atoms with E-state index in [9.17, 15) is 0 Å². The molecule has 16 heavy (non-hydrogen) atoms. The van der Waals surface area contributed by atoms with E-state index in [2.05, 4.69) is 6.07 Å². The van der Waals surface area contributed by atoms with Crippen LogP contribution in [0.3, 0.4) is 0 Å². The summed E-state index contributed by atoms with van der Waals surface area (Å²) >= 11 is 6.23. The van der Waals surface area contributed by atoms with Gasteiger partial charge in [-0.15, -0.1) is 0 Å². The summed E-state index contributed by atoms with van der Waals surface area (Å²) in [5.74, 6) is 0.809. The largest absolute Gasteiger partial charge is 0.497 e. The summed E-state index contributed by atoms with van der Waals surface area (Å²) in [7, 11) is 1.65. The predicted octanol–water partition coefficient (Wildman–Crippen LogP) is 3.02. The smallest absolute Gasteiger partial charge is 0.120 e. The molecule has 0 heterocycles. The number of halogens is 1. The fourth-order valence-electron chi connectivity index (χ4n) is 2.33. The molecule has 0 unspecified atom stereocenters. The molecule has 0 aliphatic heterocycles. The molecule has 88 valence electrons. The lowest BCUT2D eigenvalue weighted by Gasteiger charge is -2.41. The van der Waals surface area contributed by atoms with Crippen molar-refractivity contribution in [1.82, 2.24) is 0 Å². The third kappa shape index (κ3) is 2.18. The molecule has 3 heteroatoms. The van der Waals surface area contributed by atoms with Gasteiger partial charge in [0.05, 0.1) is 7.11 Å². The molecule has 0 amide bonds. The minimum Gasteiger partial charge on any atom is -0.497 e. The molecular formula is C13H18ClNO. The zero-order valence-electron chi connectivity index (χ0n) is 9.63. The lowest BCUT2D eigenvalue weighted by Crippen LogP contribution is -2.39. The highest BCUT2D eigenvalue weighted by molar-refractivity contribution is 6.31. The third-order valence-corrected chi connectivity index (χ3v) is 4.02. The van der Waals surface area contributed by atoms with Gasteiger partial charge in [0, 0.05) is 5.02 Å². The maximum atomic E-state index is 6.23. The summed E-state index contributed by atoms with van der Waals surface area (Å²) in [4.78, 5) is 0. The monoisotopic (exact) mass is 239 g/mol. The Kier molecular flexibility index (Phi) is 3.41. The number of hydrogen-bond donors (Lipinski definition) is 1. The SMILES string of the molecule is COc1ccc(CC2(CN)CCC2)c(Cl)c1. The number of methoxy groups -OCH3 is 1. The molecule has 0 saturated heterocycles. The van der Waals surface area contributed by atoms with Crippen LogP contribution in [0.1, 0.15) is 24.8 Å². The summed E-state index contributed by atoms with van der Waals surface area (Å²) in [6.07, 6.45) is 4.75. The van der Waals surface area contributed by atoms with Crippen molar-refractivity contribution in [2.45, 2.75) is 25.7 Å². The van der Waals surface area contributed by atoms with Crippen LogP contribution in [0.25, 0.3) is 0 Å². The Morgan fingerprint density at radius 2 is 2.19 bits per heavy atom. The first-order chi connectivity index (χ1) is 7.69. The van der Waals surface area contributed by atoms with Crippen molar-refractivity contribution >= 4 is 11.6 Å². The molecule has 2 rings (SSSR count). The van der Waals surface area contributed by atoms with Crippen molar-refractivity contribution in [3.05, 3.63) is 28.8 Å². The molecule has 1 aliphatic carbocycles. The fourth-order valence-corrected chi connectivity index (χ4v) is 2.57. The van der Waals surface area contributed by atoms with Gasteiger partial charge in [0.25, 0.3) is 0 Å². The number of benzene rings is 1. The van der Waals surface area contributed by atoms with Crippen molar-refractivity contribution < 1.29 is 4.74 Å². The zero-order valence-corrected chi connectivity index (χ0v) is 10.4. The normalized spacial score (nSPS) is 17.9. The molecule has 1 saturated carbocycles. The van der Waals surface area contributed by atoms with Gasteiger partial charge < -0.3 is 10.5 Å². The Morgan fingerprint density at radius 3 is 2.62 bits per heavy atom. The van der Waals surface area contributed by atoms with Crippen molar-refractivity contribution in [3.63, 3.8) is 0 Å². The molecule has 0 radical (unpaired) electrons. The maximum absolute atomic E-state index is 6.23. The van der Waals surface area contributed by atoms with Crippen molar-refractivity contribution in [2.75, 3.05) is 13.7 Å². The number of rotatable bonds is 4. The van der Waals surface area contributed by atoms with Crippen LogP contribution in [0.2, 0.25) is 5.02 Å². The van der Waals surface area contributed by atoms with Gasteiger partial charge in [-0.1, -0.05) is 24.1 Å². The molecule has 0 aromatic heterocycles. The molecule has 1 aliphatic rings. The second-order valence-electron chi connectivity index (χ2n) is 4.69. The molecule has 0 spiro atoms.